The van der Waals surface area contributed by atoms with Crippen LogP contribution in [0.4, 0.5) is 16.2 Å². The maximum Gasteiger partial charge on any atom is 0.322 e. The largest absolute Gasteiger partial charge is 0.324 e. The first-order valence-electron chi connectivity index (χ1n) is 9.01. The number of amides is 3. The van der Waals surface area contributed by atoms with Gasteiger partial charge in [-0.3, -0.25) is 9.59 Å². The number of ketones is 1. The molecule has 1 heterocycles. The lowest BCUT2D eigenvalue weighted by Crippen LogP contribution is -2.45. The highest BCUT2D eigenvalue weighted by Gasteiger charge is 2.34. The number of nitrogens with one attached hydrogen (secondary N) is 2. The fraction of sp³-hybridized carbons (Fsp3) is 0.286. The monoisotopic (exact) mass is 365 g/mol. The second kappa shape index (κ2) is 8.03. The molecule has 0 aromatic heterocycles. The van der Waals surface area contributed by atoms with Crippen molar-refractivity contribution >= 4 is 29.1 Å². The molecule has 6 nitrogen and oxygen atoms in total. The van der Waals surface area contributed by atoms with Crippen molar-refractivity contribution in [2.45, 2.75) is 32.7 Å². The Bertz CT molecular complexity index is 878. The molecule has 3 amide bonds. The van der Waals surface area contributed by atoms with Crippen LogP contribution < -0.4 is 10.6 Å². The van der Waals surface area contributed by atoms with Gasteiger partial charge in [0.2, 0.25) is 5.91 Å². The summed E-state index contributed by atoms with van der Waals surface area (Å²) in [6.45, 7) is 3.92. The molecule has 27 heavy (non-hydrogen) atoms. The predicted octanol–water partition coefficient (Wildman–Crippen LogP) is 3.83. The van der Waals surface area contributed by atoms with Crippen LogP contribution in [0.2, 0.25) is 0 Å². The van der Waals surface area contributed by atoms with E-state index in [0.29, 0.717) is 24.2 Å². The summed E-state index contributed by atoms with van der Waals surface area (Å²) in [5.74, 6) is -0.253. The van der Waals surface area contributed by atoms with E-state index in [0.717, 1.165) is 17.7 Å². The molecule has 2 aromatic carbocycles. The van der Waals surface area contributed by atoms with Crippen molar-refractivity contribution in [3.05, 3.63) is 59.7 Å². The molecule has 0 bridgehead atoms. The number of rotatable bonds is 4. The standard InChI is InChI=1S/C21H23N3O3/c1-14-7-3-4-10-18(14)23-20(26)19-11-6-12-24(19)21(27)22-17-9-5-8-16(13-17)15(2)25/h3-5,7-10,13,19H,6,11-12H2,1-2H3,(H,22,27)(H,23,26)/t19-/m0/s1. The summed E-state index contributed by atoms with van der Waals surface area (Å²) in [7, 11) is 0. The van der Waals surface area contributed by atoms with Gasteiger partial charge in [-0.15, -0.1) is 0 Å². The van der Waals surface area contributed by atoms with Gasteiger partial charge < -0.3 is 15.5 Å². The van der Waals surface area contributed by atoms with E-state index in [1.807, 2.05) is 31.2 Å². The van der Waals surface area contributed by atoms with E-state index in [9.17, 15) is 14.4 Å². The number of urea groups is 1. The third-order valence-electron chi connectivity index (χ3n) is 4.74. The molecule has 0 radical (unpaired) electrons. The highest BCUT2D eigenvalue weighted by Crippen LogP contribution is 2.22. The van der Waals surface area contributed by atoms with Crippen molar-refractivity contribution in [3.63, 3.8) is 0 Å². The topological polar surface area (TPSA) is 78.5 Å². The van der Waals surface area contributed by atoms with Gasteiger partial charge in [-0.2, -0.15) is 0 Å². The van der Waals surface area contributed by atoms with Crippen LogP contribution in [0, 0.1) is 6.92 Å². The number of para-hydroxylation sites is 1. The molecule has 140 valence electrons. The normalized spacial score (nSPS) is 16.1. The summed E-state index contributed by atoms with van der Waals surface area (Å²) in [6, 6.07) is 13.5. The second-order valence-corrected chi connectivity index (χ2v) is 6.72. The molecule has 6 heteroatoms. The lowest BCUT2D eigenvalue weighted by molar-refractivity contribution is -0.119. The Balaban J connectivity index is 1.69. The van der Waals surface area contributed by atoms with Gasteiger partial charge in [0.05, 0.1) is 0 Å². The van der Waals surface area contributed by atoms with E-state index >= 15 is 0 Å². The molecule has 1 aliphatic rings. The average molecular weight is 365 g/mol. The molecular formula is C21H23N3O3. The molecule has 0 spiro atoms. The van der Waals surface area contributed by atoms with Crippen LogP contribution in [0.1, 0.15) is 35.7 Å². The van der Waals surface area contributed by atoms with Gasteiger partial charge in [-0.25, -0.2) is 4.79 Å². The molecule has 1 saturated heterocycles. The Labute approximate surface area is 158 Å². The Morgan fingerprint density at radius 2 is 1.81 bits per heavy atom. The fourth-order valence-electron chi connectivity index (χ4n) is 3.22. The maximum atomic E-state index is 12.7. The highest BCUT2D eigenvalue weighted by molar-refractivity contribution is 6.00. The number of Topliss-reactive ketones (excluding diaryl/α,β-unsaturated/α-hetero) is 1. The van der Waals surface area contributed by atoms with E-state index in [2.05, 4.69) is 10.6 Å². The first kappa shape index (κ1) is 18.6. The van der Waals surface area contributed by atoms with Gasteiger partial charge in [0.15, 0.2) is 5.78 Å². The lowest BCUT2D eigenvalue weighted by Gasteiger charge is -2.24. The minimum atomic E-state index is -0.513. The number of anilines is 2. The van der Waals surface area contributed by atoms with Crippen molar-refractivity contribution in [1.29, 1.82) is 0 Å². The van der Waals surface area contributed by atoms with Gasteiger partial charge in [0, 0.05) is 23.5 Å². The molecule has 3 rings (SSSR count). The van der Waals surface area contributed by atoms with Crippen LogP contribution in [-0.2, 0) is 4.79 Å². The molecule has 1 fully saturated rings. The third kappa shape index (κ3) is 4.34. The van der Waals surface area contributed by atoms with E-state index in [-0.39, 0.29) is 17.7 Å². The number of carbonyl (C=O) groups is 3. The molecule has 2 N–H and O–H groups in total. The second-order valence-electron chi connectivity index (χ2n) is 6.72. The molecule has 1 atom stereocenters. The summed E-state index contributed by atoms with van der Waals surface area (Å²) in [5.41, 5.74) is 2.80. The van der Waals surface area contributed by atoms with Crippen LogP contribution in [0.25, 0.3) is 0 Å². The first-order valence-corrected chi connectivity index (χ1v) is 9.01. The summed E-state index contributed by atoms with van der Waals surface area (Å²) in [6.07, 6.45) is 1.39. The highest BCUT2D eigenvalue weighted by atomic mass is 16.2. The smallest absolute Gasteiger partial charge is 0.322 e. The number of hydrogen-bond donors (Lipinski definition) is 2. The number of likely N-dealkylation sites (tertiary alicyclic amines) is 1. The van der Waals surface area contributed by atoms with Gasteiger partial charge in [0.1, 0.15) is 6.04 Å². The molecule has 0 aliphatic carbocycles. The number of hydrogen-bond acceptors (Lipinski definition) is 3. The van der Waals surface area contributed by atoms with Gasteiger partial charge in [-0.05, 0) is 50.5 Å². The van der Waals surface area contributed by atoms with Gasteiger partial charge in [-0.1, -0.05) is 30.3 Å². The molecular weight excluding hydrogens is 342 g/mol. The van der Waals surface area contributed by atoms with Crippen molar-refractivity contribution in [1.82, 2.24) is 4.90 Å². The minimum Gasteiger partial charge on any atom is -0.324 e. The zero-order chi connectivity index (χ0) is 19.4. The van der Waals surface area contributed by atoms with Crippen LogP contribution in [0.5, 0.6) is 0 Å². The van der Waals surface area contributed by atoms with Crippen LogP contribution in [-0.4, -0.2) is 35.2 Å². The Morgan fingerprint density at radius 3 is 2.56 bits per heavy atom. The SMILES string of the molecule is CC(=O)c1cccc(NC(=O)N2CCC[C@H]2C(=O)Nc2ccccc2C)c1. The molecule has 0 unspecified atom stereocenters. The van der Waals surface area contributed by atoms with Crippen LogP contribution in [0.15, 0.2) is 48.5 Å². The Kier molecular flexibility index (Phi) is 5.54. The van der Waals surface area contributed by atoms with Gasteiger partial charge in [0.25, 0.3) is 0 Å². The molecule has 2 aromatic rings. The van der Waals surface area contributed by atoms with E-state index in [4.69, 9.17) is 0 Å². The Morgan fingerprint density at radius 1 is 1.04 bits per heavy atom. The summed E-state index contributed by atoms with van der Waals surface area (Å²) in [5, 5.41) is 5.71. The number of carbonyl (C=O) groups excluding carboxylic acids is 3. The van der Waals surface area contributed by atoms with Gasteiger partial charge >= 0.3 is 6.03 Å². The van der Waals surface area contributed by atoms with E-state index in [1.54, 1.807) is 29.2 Å². The number of aryl methyl sites for hydroxylation is 1. The third-order valence-corrected chi connectivity index (χ3v) is 4.74. The van der Waals surface area contributed by atoms with E-state index in [1.165, 1.54) is 6.92 Å². The summed E-state index contributed by atoms with van der Waals surface area (Å²) < 4.78 is 0. The van der Waals surface area contributed by atoms with Crippen LogP contribution >= 0.6 is 0 Å². The predicted molar refractivity (Wildman–Crippen MR) is 105 cm³/mol. The zero-order valence-electron chi connectivity index (χ0n) is 15.5. The number of benzene rings is 2. The quantitative estimate of drug-likeness (QED) is 0.808. The van der Waals surface area contributed by atoms with E-state index < -0.39 is 6.04 Å². The summed E-state index contributed by atoms with van der Waals surface area (Å²) >= 11 is 0. The first-order chi connectivity index (χ1) is 13.0. The van der Waals surface area contributed by atoms with Crippen molar-refractivity contribution in [3.8, 4) is 0 Å². The fourth-order valence-corrected chi connectivity index (χ4v) is 3.22. The van der Waals surface area contributed by atoms with Crippen molar-refractivity contribution in [2.24, 2.45) is 0 Å². The lowest BCUT2D eigenvalue weighted by atomic mass is 10.1. The van der Waals surface area contributed by atoms with Crippen LogP contribution in [0.3, 0.4) is 0 Å². The molecule has 1 aliphatic heterocycles. The zero-order valence-corrected chi connectivity index (χ0v) is 15.5. The summed E-state index contributed by atoms with van der Waals surface area (Å²) in [4.78, 5) is 38.4. The number of nitrogens with zero attached hydrogens (tertiary/aromatic N) is 1. The van der Waals surface area contributed by atoms with Crippen molar-refractivity contribution in [2.75, 3.05) is 17.2 Å². The van der Waals surface area contributed by atoms with Crippen molar-refractivity contribution < 1.29 is 14.4 Å². The molecule has 0 saturated carbocycles. The Hall–Kier alpha value is -3.15. The minimum absolute atomic E-state index is 0.0669. The maximum absolute atomic E-state index is 12.7. The average Bonchev–Trinajstić information content (AvgIpc) is 3.14.